The number of aliphatic hydroxyl groups excluding tert-OH is 1. The zero-order chi connectivity index (χ0) is 25.1. The van der Waals surface area contributed by atoms with Crippen LogP contribution in [0.1, 0.15) is 36.9 Å². The molecule has 2 atom stereocenters. The lowest BCUT2D eigenvalue weighted by atomic mass is 9.94. The Morgan fingerprint density at radius 2 is 1.94 bits per heavy atom. The number of ether oxygens (including phenoxy) is 3. The van der Waals surface area contributed by atoms with Crippen molar-refractivity contribution >= 4 is 23.1 Å². The summed E-state index contributed by atoms with van der Waals surface area (Å²) in [5, 5.41) is 22.1. The predicted molar refractivity (Wildman–Crippen MR) is 125 cm³/mol. The highest BCUT2D eigenvalue weighted by Crippen LogP contribution is 2.42. The molecule has 0 bridgehead atoms. The third-order valence-corrected chi connectivity index (χ3v) is 6.12. The summed E-state index contributed by atoms with van der Waals surface area (Å²) in [4.78, 5) is 38.1. The zero-order valence-electron chi connectivity index (χ0n) is 19.4. The number of rotatable bonds is 8. The second-order valence-electron chi connectivity index (χ2n) is 8.23. The van der Waals surface area contributed by atoms with Gasteiger partial charge in [-0.15, -0.1) is 0 Å². The molecule has 2 heterocycles. The number of aliphatic hydroxyl groups is 1. The van der Waals surface area contributed by atoms with E-state index in [9.17, 15) is 24.8 Å². The minimum Gasteiger partial charge on any atom is -0.507 e. The van der Waals surface area contributed by atoms with Crippen molar-refractivity contribution in [2.75, 3.05) is 26.9 Å². The SMILES string of the molecule is CCOc1ccc(C2/C(=C(/O)c3ccc([N+](=O)[O-])cc3)C(=O)C(=O)N2CC2CCCO2)cc1OC. The zero-order valence-corrected chi connectivity index (χ0v) is 19.4. The topological polar surface area (TPSA) is 128 Å². The fourth-order valence-corrected chi connectivity index (χ4v) is 4.45. The molecule has 2 saturated heterocycles. The molecule has 0 saturated carbocycles. The van der Waals surface area contributed by atoms with Crippen LogP contribution in [-0.4, -0.2) is 59.6 Å². The fourth-order valence-electron chi connectivity index (χ4n) is 4.45. The third-order valence-electron chi connectivity index (χ3n) is 6.12. The Kier molecular flexibility index (Phi) is 7.02. The standard InChI is InChI=1S/C25H26N2O8/c1-3-34-19-11-8-16(13-20(19)33-2)22-21(23(28)15-6-9-17(10-7-15)27(31)32)24(29)25(30)26(22)14-18-5-4-12-35-18/h6-11,13,18,22,28H,3-5,12,14H2,1-2H3/b23-21-. The van der Waals surface area contributed by atoms with Crippen LogP contribution in [-0.2, 0) is 14.3 Å². The van der Waals surface area contributed by atoms with E-state index in [1.54, 1.807) is 18.2 Å². The van der Waals surface area contributed by atoms with Gasteiger partial charge in [0.1, 0.15) is 5.76 Å². The maximum Gasteiger partial charge on any atom is 0.295 e. The van der Waals surface area contributed by atoms with Crippen LogP contribution in [0.15, 0.2) is 48.0 Å². The number of carbonyl (C=O) groups excluding carboxylic acids is 2. The average molecular weight is 482 g/mol. The molecular weight excluding hydrogens is 456 g/mol. The second-order valence-corrected chi connectivity index (χ2v) is 8.23. The van der Waals surface area contributed by atoms with Crippen molar-refractivity contribution in [2.24, 2.45) is 0 Å². The van der Waals surface area contributed by atoms with Gasteiger partial charge in [-0.25, -0.2) is 0 Å². The van der Waals surface area contributed by atoms with Gasteiger partial charge in [0.25, 0.3) is 17.4 Å². The molecule has 2 aromatic carbocycles. The van der Waals surface area contributed by atoms with E-state index in [2.05, 4.69) is 0 Å². The molecule has 184 valence electrons. The van der Waals surface area contributed by atoms with Crippen molar-refractivity contribution in [1.29, 1.82) is 0 Å². The molecule has 1 N–H and O–H groups in total. The number of Topliss-reactive ketones (excluding diaryl/α,β-unsaturated/α-hetero) is 1. The van der Waals surface area contributed by atoms with Crippen LogP contribution < -0.4 is 9.47 Å². The number of nitro benzene ring substituents is 1. The summed E-state index contributed by atoms with van der Waals surface area (Å²) in [6.07, 6.45) is 1.39. The minimum atomic E-state index is -0.904. The Bertz CT molecular complexity index is 1170. The number of likely N-dealkylation sites (tertiary alicyclic amines) is 1. The molecule has 2 aromatic rings. The van der Waals surface area contributed by atoms with Gasteiger partial charge in [-0.2, -0.15) is 0 Å². The number of non-ortho nitro benzene ring substituents is 1. The monoisotopic (exact) mass is 482 g/mol. The smallest absolute Gasteiger partial charge is 0.295 e. The average Bonchev–Trinajstić information content (AvgIpc) is 3.46. The van der Waals surface area contributed by atoms with Gasteiger partial charge in [-0.3, -0.25) is 19.7 Å². The van der Waals surface area contributed by atoms with Crippen molar-refractivity contribution in [3.05, 3.63) is 69.3 Å². The summed E-state index contributed by atoms with van der Waals surface area (Å²) in [5.74, 6) is -1.07. The van der Waals surface area contributed by atoms with Crippen LogP contribution in [0.25, 0.3) is 5.76 Å². The van der Waals surface area contributed by atoms with Gasteiger partial charge in [0.15, 0.2) is 11.5 Å². The molecule has 1 amide bonds. The summed E-state index contributed by atoms with van der Waals surface area (Å²) in [7, 11) is 1.49. The van der Waals surface area contributed by atoms with E-state index in [1.807, 2.05) is 6.92 Å². The summed E-state index contributed by atoms with van der Waals surface area (Å²) in [6.45, 7) is 3.03. The van der Waals surface area contributed by atoms with Gasteiger partial charge in [0.2, 0.25) is 0 Å². The van der Waals surface area contributed by atoms with Crippen molar-refractivity contribution in [3.63, 3.8) is 0 Å². The lowest BCUT2D eigenvalue weighted by molar-refractivity contribution is -0.384. The number of hydrogen-bond donors (Lipinski definition) is 1. The number of benzene rings is 2. The highest BCUT2D eigenvalue weighted by molar-refractivity contribution is 6.46. The molecule has 0 spiro atoms. The minimum absolute atomic E-state index is 0.104. The van der Waals surface area contributed by atoms with Crippen molar-refractivity contribution in [3.8, 4) is 11.5 Å². The van der Waals surface area contributed by atoms with Gasteiger partial charge in [-0.05, 0) is 49.6 Å². The first kappa shape index (κ1) is 24.2. The van der Waals surface area contributed by atoms with E-state index in [1.165, 1.54) is 36.3 Å². The number of nitro groups is 1. The molecule has 10 heteroatoms. The summed E-state index contributed by atoms with van der Waals surface area (Å²) in [6, 6.07) is 9.32. The Balaban J connectivity index is 1.83. The maximum absolute atomic E-state index is 13.2. The van der Waals surface area contributed by atoms with E-state index >= 15 is 0 Å². The van der Waals surface area contributed by atoms with E-state index < -0.39 is 28.4 Å². The number of ketones is 1. The van der Waals surface area contributed by atoms with E-state index in [0.717, 1.165) is 12.8 Å². The van der Waals surface area contributed by atoms with Gasteiger partial charge >= 0.3 is 0 Å². The Morgan fingerprint density at radius 1 is 1.20 bits per heavy atom. The maximum atomic E-state index is 13.2. The quantitative estimate of drug-likeness (QED) is 0.199. The number of nitrogens with zero attached hydrogens (tertiary/aromatic N) is 2. The van der Waals surface area contributed by atoms with Crippen molar-refractivity contribution < 1.29 is 33.8 Å². The molecule has 10 nitrogen and oxygen atoms in total. The van der Waals surface area contributed by atoms with Crippen LogP contribution >= 0.6 is 0 Å². The van der Waals surface area contributed by atoms with Crippen LogP contribution in [0, 0.1) is 10.1 Å². The second kappa shape index (κ2) is 10.1. The van der Waals surface area contributed by atoms with Gasteiger partial charge < -0.3 is 24.2 Å². The highest BCUT2D eigenvalue weighted by atomic mass is 16.6. The van der Waals surface area contributed by atoms with Crippen LogP contribution in [0.3, 0.4) is 0 Å². The summed E-state index contributed by atoms with van der Waals surface area (Å²) in [5.41, 5.74) is 0.473. The molecule has 2 aliphatic heterocycles. The molecule has 35 heavy (non-hydrogen) atoms. The van der Waals surface area contributed by atoms with Crippen molar-refractivity contribution in [1.82, 2.24) is 4.90 Å². The first-order valence-electron chi connectivity index (χ1n) is 11.3. The van der Waals surface area contributed by atoms with Crippen LogP contribution in [0.4, 0.5) is 5.69 Å². The Morgan fingerprint density at radius 3 is 2.54 bits per heavy atom. The largest absolute Gasteiger partial charge is 0.507 e. The normalized spacial score (nSPS) is 21.4. The van der Waals surface area contributed by atoms with Crippen molar-refractivity contribution in [2.45, 2.75) is 31.9 Å². The van der Waals surface area contributed by atoms with Crippen LogP contribution in [0.2, 0.25) is 0 Å². The predicted octanol–water partition coefficient (Wildman–Crippen LogP) is 3.60. The number of methoxy groups -OCH3 is 1. The molecular formula is C25H26N2O8. The summed E-state index contributed by atoms with van der Waals surface area (Å²) < 4.78 is 16.7. The molecule has 0 aromatic heterocycles. The highest BCUT2D eigenvalue weighted by Gasteiger charge is 2.47. The Hall–Kier alpha value is -3.92. The van der Waals surface area contributed by atoms with E-state index in [4.69, 9.17) is 14.2 Å². The number of hydrogen-bond acceptors (Lipinski definition) is 8. The van der Waals surface area contributed by atoms with Crippen LogP contribution in [0.5, 0.6) is 11.5 Å². The molecule has 2 unspecified atom stereocenters. The van der Waals surface area contributed by atoms with E-state index in [0.29, 0.717) is 30.3 Å². The molecule has 4 rings (SSSR count). The number of amides is 1. The lowest BCUT2D eigenvalue weighted by Crippen LogP contribution is -2.36. The summed E-state index contributed by atoms with van der Waals surface area (Å²) >= 11 is 0. The molecule has 0 radical (unpaired) electrons. The first-order chi connectivity index (χ1) is 16.8. The first-order valence-corrected chi connectivity index (χ1v) is 11.3. The van der Waals surface area contributed by atoms with Gasteiger partial charge in [0, 0.05) is 30.8 Å². The number of carbonyl (C=O) groups is 2. The molecule has 2 aliphatic rings. The molecule has 0 aliphatic carbocycles. The van der Waals surface area contributed by atoms with Gasteiger partial charge in [0.05, 0.1) is 36.4 Å². The van der Waals surface area contributed by atoms with Gasteiger partial charge in [-0.1, -0.05) is 6.07 Å². The third kappa shape index (κ3) is 4.69. The lowest BCUT2D eigenvalue weighted by Gasteiger charge is -2.28. The van der Waals surface area contributed by atoms with E-state index in [-0.39, 0.29) is 29.5 Å². The Labute approximate surface area is 201 Å². The molecule has 2 fully saturated rings. The fraction of sp³-hybridized carbons (Fsp3) is 0.360.